The van der Waals surface area contributed by atoms with E-state index in [0.717, 1.165) is 0 Å². The molecule has 1 aliphatic rings. The van der Waals surface area contributed by atoms with Crippen LogP contribution >= 0.6 is 23.2 Å². The standard InChI is InChI=1S/C14H13Cl2N3O2S/c15-10-3-4-11(12(16)6-10)14(20,7-19-9-17-8-18-19)13-2-1-5-22(13)21/h2-4,6,8-9,20H,1,5,7H2/t14-,22?/m0/s1. The molecule has 2 atom stereocenters. The van der Waals surface area contributed by atoms with Gasteiger partial charge in [0.05, 0.1) is 22.2 Å². The first-order valence-electron chi connectivity index (χ1n) is 6.60. The molecule has 0 saturated heterocycles. The minimum Gasteiger partial charge on any atom is -0.378 e. The summed E-state index contributed by atoms with van der Waals surface area (Å²) in [7, 11) is -1.25. The van der Waals surface area contributed by atoms with Gasteiger partial charge in [-0.05, 0) is 18.6 Å². The Hall–Kier alpha value is -1.21. The maximum atomic E-state index is 12.3. The Balaban J connectivity index is 2.11. The van der Waals surface area contributed by atoms with E-state index in [2.05, 4.69) is 10.1 Å². The van der Waals surface area contributed by atoms with Crippen molar-refractivity contribution >= 4 is 34.0 Å². The fraction of sp³-hybridized carbons (Fsp3) is 0.286. The number of halogens is 2. The van der Waals surface area contributed by atoms with Crippen LogP contribution in [0.1, 0.15) is 12.0 Å². The summed E-state index contributed by atoms with van der Waals surface area (Å²) in [6.45, 7) is 0.0753. The molecule has 0 radical (unpaired) electrons. The lowest BCUT2D eigenvalue weighted by atomic mass is 9.92. The maximum Gasteiger partial charge on any atom is 0.143 e. The highest BCUT2D eigenvalue weighted by Crippen LogP contribution is 2.40. The largest absolute Gasteiger partial charge is 0.378 e. The molecule has 8 heteroatoms. The Labute approximate surface area is 140 Å². The van der Waals surface area contributed by atoms with Gasteiger partial charge in [-0.25, -0.2) is 9.67 Å². The predicted molar refractivity (Wildman–Crippen MR) is 86.1 cm³/mol. The van der Waals surface area contributed by atoms with E-state index < -0.39 is 16.4 Å². The number of hydrogen-bond acceptors (Lipinski definition) is 4. The molecule has 1 aromatic carbocycles. The molecule has 0 fully saturated rings. The van der Waals surface area contributed by atoms with E-state index in [1.54, 1.807) is 24.3 Å². The number of aromatic nitrogens is 3. The molecular formula is C14H13Cl2N3O2S. The van der Waals surface area contributed by atoms with Crippen LogP contribution < -0.4 is 0 Å². The van der Waals surface area contributed by atoms with Crippen LogP contribution in [0.2, 0.25) is 10.0 Å². The van der Waals surface area contributed by atoms with Crippen LogP contribution in [0.5, 0.6) is 0 Å². The third-order valence-corrected chi connectivity index (χ3v) is 5.67. The number of nitrogens with zero attached hydrogens (tertiary/aromatic N) is 3. The third kappa shape index (κ3) is 2.84. The molecule has 1 unspecified atom stereocenters. The SMILES string of the molecule is O=S1CCC=C1[C@](O)(Cn1cncn1)c1ccc(Cl)cc1Cl. The molecule has 0 bridgehead atoms. The zero-order valence-corrected chi connectivity index (χ0v) is 13.8. The highest BCUT2D eigenvalue weighted by atomic mass is 35.5. The molecule has 116 valence electrons. The monoisotopic (exact) mass is 357 g/mol. The summed E-state index contributed by atoms with van der Waals surface area (Å²) >= 11 is 12.2. The van der Waals surface area contributed by atoms with Gasteiger partial charge in [0.15, 0.2) is 0 Å². The van der Waals surface area contributed by atoms with E-state index in [1.165, 1.54) is 17.3 Å². The summed E-state index contributed by atoms with van der Waals surface area (Å²) in [5.74, 6) is 0.500. The number of hydrogen-bond donors (Lipinski definition) is 1. The fourth-order valence-electron chi connectivity index (χ4n) is 2.53. The molecule has 1 N–H and O–H groups in total. The Bertz CT molecular complexity index is 749. The molecule has 3 rings (SSSR count). The van der Waals surface area contributed by atoms with Crippen molar-refractivity contribution in [1.29, 1.82) is 0 Å². The third-order valence-electron chi connectivity index (χ3n) is 3.52. The van der Waals surface area contributed by atoms with Crippen molar-refractivity contribution in [3.8, 4) is 0 Å². The molecule has 1 aliphatic heterocycles. The second-order valence-corrected chi connectivity index (χ2v) is 7.37. The smallest absolute Gasteiger partial charge is 0.143 e. The van der Waals surface area contributed by atoms with Crippen LogP contribution in [0.4, 0.5) is 0 Å². The number of benzene rings is 1. The van der Waals surface area contributed by atoms with E-state index >= 15 is 0 Å². The molecule has 0 aliphatic carbocycles. The highest BCUT2D eigenvalue weighted by Gasteiger charge is 2.41. The molecule has 0 amide bonds. The van der Waals surface area contributed by atoms with Crippen molar-refractivity contribution in [3.05, 3.63) is 57.4 Å². The molecule has 2 aromatic rings. The second-order valence-electron chi connectivity index (χ2n) is 4.98. The van der Waals surface area contributed by atoms with Crippen molar-refractivity contribution < 1.29 is 9.32 Å². The van der Waals surface area contributed by atoms with Crippen molar-refractivity contribution in [1.82, 2.24) is 14.8 Å². The van der Waals surface area contributed by atoms with Crippen LogP contribution in [0.3, 0.4) is 0 Å². The lowest BCUT2D eigenvalue weighted by Gasteiger charge is -2.30. The van der Waals surface area contributed by atoms with E-state index in [-0.39, 0.29) is 6.54 Å². The minimum absolute atomic E-state index is 0.0753. The molecule has 5 nitrogen and oxygen atoms in total. The lowest BCUT2D eigenvalue weighted by molar-refractivity contribution is 0.0612. The van der Waals surface area contributed by atoms with Crippen LogP contribution in [0, 0.1) is 0 Å². The van der Waals surface area contributed by atoms with Crippen LogP contribution in [-0.4, -0.2) is 29.8 Å². The Morgan fingerprint density at radius 1 is 1.41 bits per heavy atom. The zero-order valence-electron chi connectivity index (χ0n) is 11.4. The Morgan fingerprint density at radius 3 is 2.82 bits per heavy atom. The van der Waals surface area contributed by atoms with Gasteiger partial charge in [0.2, 0.25) is 0 Å². The summed E-state index contributed by atoms with van der Waals surface area (Å²) in [5, 5.41) is 16.1. The van der Waals surface area contributed by atoms with Crippen LogP contribution in [-0.2, 0) is 22.9 Å². The predicted octanol–water partition coefficient (Wildman–Crippen LogP) is 2.51. The summed E-state index contributed by atoms with van der Waals surface area (Å²) < 4.78 is 13.8. The van der Waals surface area contributed by atoms with Crippen molar-refractivity contribution in [3.63, 3.8) is 0 Å². The first-order chi connectivity index (χ1) is 10.5. The maximum absolute atomic E-state index is 12.3. The molecule has 2 heterocycles. The van der Waals surface area contributed by atoms with E-state index in [1.807, 2.05) is 0 Å². The topological polar surface area (TPSA) is 68.0 Å². The number of allylic oxidation sites excluding steroid dienone is 1. The molecular weight excluding hydrogens is 345 g/mol. The van der Waals surface area contributed by atoms with Gasteiger partial charge in [-0.2, -0.15) is 5.10 Å². The summed E-state index contributed by atoms with van der Waals surface area (Å²) in [6, 6.07) is 4.86. The second kappa shape index (κ2) is 6.12. The zero-order chi connectivity index (χ0) is 15.7. The lowest BCUT2D eigenvalue weighted by Crippen LogP contribution is -2.35. The molecule has 1 aromatic heterocycles. The van der Waals surface area contributed by atoms with E-state index in [9.17, 15) is 9.32 Å². The van der Waals surface area contributed by atoms with Gasteiger partial charge >= 0.3 is 0 Å². The van der Waals surface area contributed by atoms with E-state index in [0.29, 0.717) is 32.7 Å². The number of aliphatic hydroxyl groups is 1. The summed E-state index contributed by atoms with van der Waals surface area (Å²) in [4.78, 5) is 4.32. The Kier molecular flexibility index (Phi) is 4.36. The van der Waals surface area contributed by atoms with Crippen molar-refractivity contribution in [2.45, 2.75) is 18.6 Å². The quantitative estimate of drug-likeness (QED) is 0.912. The molecule has 22 heavy (non-hydrogen) atoms. The summed E-state index contributed by atoms with van der Waals surface area (Å²) in [6.07, 6.45) is 5.34. The van der Waals surface area contributed by atoms with Crippen LogP contribution in [0.25, 0.3) is 0 Å². The fourth-order valence-corrected chi connectivity index (χ4v) is 4.50. The van der Waals surface area contributed by atoms with Gasteiger partial charge in [0.1, 0.15) is 18.3 Å². The average molecular weight is 358 g/mol. The summed E-state index contributed by atoms with van der Waals surface area (Å²) in [5.41, 5.74) is -1.06. The van der Waals surface area contributed by atoms with Gasteiger partial charge in [-0.1, -0.05) is 35.3 Å². The van der Waals surface area contributed by atoms with Gasteiger partial charge in [0, 0.05) is 21.4 Å². The van der Waals surface area contributed by atoms with Crippen molar-refractivity contribution in [2.75, 3.05) is 5.75 Å². The normalized spacial score (nSPS) is 20.7. The first-order valence-corrected chi connectivity index (χ1v) is 8.67. The average Bonchev–Trinajstić information content (AvgIpc) is 3.10. The van der Waals surface area contributed by atoms with Gasteiger partial charge in [0.25, 0.3) is 0 Å². The van der Waals surface area contributed by atoms with E-state index in [4.69, 9.17) is 23.2 Å². The molecule has 0 spiro atoms. The highest BCUT2D eigenvalue weighted by molar-refractivity contribution is 7.89. The minimum atomic E-state index is -1.52. The van der Waals surface area contributed by atoms with Gasteiger partial charge < -0.3 is 5.11 Å². The first kappa shape index (κ1) is 15.7. The Morgan fingerprint density at radius 2 is 2.23 bits per heavy atom. The number of rotatable bonds is 4. The van der Waals surface area contributed by atoms with Crippen molar-refractivity contribution in [2.24, 2.45) is 0 Å². The van der Waals surface area contributed by atoms with Gasteiger partial charge in [-0.3, -0.25) is 4.21 Å². The van der Waals surface area contributed by atoms with Crippen LogP contribution in [0.15, 0.2) is 41.8 Å². The molecule has 0 saturated carbocycles. The van der Waals surface area contributed by atoms with Gasteiger partial charge in [-0.15, -0.1) is 0 Å².